The van der Waals surface area contributed by atoms with Crippen molar-refractivity contribution in [3.8, 4) is 0 Å². The Bertz CT molecular complexity index is 596. The summed E-state index contributed by atoms with van der Waals surface area (Å²) in [5.74, 6) is -3.73. The molecule has 2 heterocycles. The van der Waals surface area contributed by atoms with Gasteiger partial charge in [-0.25, -0.2) is 18.7 Å². The molecular weight excluding hydrogens is 330 g/mol. The maximum absolute atomic E-state index is 12.7. The van der Waals surface area contributed by atoms with Gasteiger partial charge in [0.05, 0.1) is 12.2 Å². The lowest BCUT2D eigenvalue weighted by Crippen LogP contribution is -2.35. The van der Waals surface area contributed by atoms with Gasteiger partial charge in [-0.15, -0.1) is 0 Å². The van der Waals surface area contributed by atoms with E-state index in [2.05, 4.69) is 14.7 Å². The Morgan fingerprint density at radius 1 is 1.38 bits per heavy atom. The topological polar surface area (TPSA) is 55.3 Å². The van der Waals surface area contributed by atoms with Gasteiger partial charge in [0.25, 0.3) is 0 Å². The van der Waals surface area contributed by atoms with Crippen LogP contribution in [0, 0.1) is 5.92 Å². The molecule has 0 unspecified atom stereocenters. The van der Waals surface area contributed by atoms with Crippen molar-refractivity contribution in [1.82, 2.24) is 14.9 Å². The second-order valence-electron chi connectivity index (χ2n) is 6.16. The van der Waals surface area contributed by atoms with E-state index in [-0.39, 0.29) is 13.1 Å². The molecule has 1 aromatic heterocycles. The van der Waals surface area contributed by atoms with Crippen molar-refractivity contribution in [3.63, 3.8) is 0 Å². The number of carbonyl (C=O) groups excluding carboxylic acids is 1. The number of amides is 1. The second kappa shape index (κ2) is 7.42. The zero-order chi connectivity index (χ0) is 17.9. The minimum Gasteiger partial charge on any atom is -0.365 e. The first-order valence-corrected chi connectivity index (χ1v) is 7.54. The summed E-state index contributed by atoms with van der Waals surface area (Å²) in [5.41, 5.74) is 1.50. The van der Waals surface area contributed by atoms with Gasteiger partial charge in [0.2, 0.25) is 5.91 Å². The normalized spacial score (nSPS) is 14.6. The summed E-state index contributed by atoms with van der Waals surface area (Å²) in [5, 5.41) is 0. The highest BCUT2D eigenvalue weighted by molar-refractivity contribution is 5.78. The van der Waals surface area contributed by atoms with Crippen molar-refractivity contribution in [3.05, 3.63) is 23.3 Å². The molecule has 1 aromatic rings. The van der Waals surface area contributed by atoms with Crippen molar-refractivity contribution in [2.24, 2.45) is 5.92 Å². The molecule has 0 N–H and O–H groups in total. The zero-order valence-corrected chi connectivity index (χ0v) is 13.4. The molecule has 2 rings (SSSR count). The highest BCUT2D eigenvalue weighted by Crippen LogP contribution is 2.24. The summed E-state index contributed by atoms with van der Waals surface area (Å²) in [6.45, 7) is 2.40. The molecule has 0 spiro atoms. The molecule has 1 aliphatic rings. The van der Waals surface area contributed by atoms with Crippen LogP contribution in [-0.2, 0) is 29.0 Å². The lowest BCUT2D eigenvalue weighted by molar-refractivity contribution is -0.171. The standard InChI is InChI=1S/C15H19F4N3O2/c1-9(2)3-12-20-4-10-5-22(6-11(10)21-12)13(23)7-24-8-15(18,19)14(16)17/h4,9,14H,3,5-8H2,1-2H3. The number of alkyl halides is 4. The molecule has 0 saturated heterocycles. The van der Waals surface area contributed by atoms with Crippen LogP contribution in [0.15, 0.2) is 6.20 Å². The molecule has 134 valence electrons. The van der Waals surface area contributed by atoms with E-state index in [4.69, 9.17) is 0 Å². The van der Waals surface area contributed by atoms with Crippen LogP contribution in [0.25, 0.3) is 0 Å². The summed E-state index contributed by atoms with van der Waals surface area (Å²) in [4.78, 5) is 22.0. The molecule has 1 aliphatic heterocycles. The highest BCUT2D eigenvalue weighted by Gasteiger charge is 2.41. The largest absolute Gasteiger partial charge is 0.365 e. The molecule has 1 amide bonds. The number of aromatic nitrogens is 2. The minimum absolute atomic E-state index is 0.233. The Balaban J connectivity index is 1.87. The molecule has 0 radical (unpaired) electrons. The number of ether oxygens (including phenoxy) is 1. The van der Waals surface area contributed by atoms with Gasteiger partial charge < -0.3 is 9.64 Å². The van der Waals surface area contributed by atoms with Gasteiger partial charge >= 0.3 is 12.3 Å². The van der Waals surface area contributed by atoms with E-state index in [1.807, 2.05) is 13.8 Å². The third-order valence-corrected chi connectivity index (χ3v) is 3.49. The lowest BCUT2D eigenvalue weighted by atomic mass is 10.1. The van der Waals surface area contributed by atoms with Gasteiger partial charge in [-0.1, -0.05) is 13.8 Å². The quantitative estimate of drug-likeness (QED) is 0.710. The Hall–Kier alpha value is -1.77. The molecule has 0 bridgehead atoms. The van der Waals surface area contributed by atoms with Crippen LogP contribution in [0.5, 0.6) is 0 Å². The number of hydrogen-bond acceptors (Lipinski definition) is 4. The Kier molecular flexibility index (Phi) is 5.74. The van der Waals surface area contributed by atoms with Gasteiger partial charge in [-0.3, -0.25) is 4.79 Å². The van der Waals surface area contributed by atoms with Gasteiger partial charge in [0, 0.05) is 24.7 Å². The van der Waals surface area contributed by atoms with Crippen LogP contribution in [0.3, 0.4) is 0 Å². The first kappa shape index (κ1) is 18.6. The zero-order valence-electron chi connectivity index (χ0n) is 13.4. The second-order valence-corrected chi connectivity index (χ2v) is 6.16. The minimum atomic E-state index is -4.26. The SMILES string of the molecule is CC(C)Cc1ncc2c(n1)CN(C(=O)COCC(F)(F)C(F)F)C2. The summed E-state index contributed by atoms with van der Waals surface area (Å²) in [6.07, 6.45) is -1.45. The molecule has 0 aliphatic carbocycles. The van der Waals surface area contributed by atoms with E-state index in [9.17, 15) is 22.4 Å². The Labute approximate surface area is 137 Å². The number of hydrogen-bond donors (Lipinski definition) is 0. The number of fused-ring (bicyclic) bond motifs is 1. The van der Waals surface area contributed by atoms with Crippen LogP contribution in [0.2, 0.25) is 0 Å². The summed E-state index contributed by atoms with van der Waals surface area (Å²) in [6, 6.07) is 0. The molecule has 0 atom stereocenters. The summed E-state index contributed by atoms with van der Waals surface area (Å²) in [7, 11) is 0. The van der Waals surface area contributed by atoms with Crippen LogP contribution < -0.4 is 0 Å². The fourth-order valence-electron chi connectivity index (χ4n) is 2.26. The van der Waals surface area contributed by atoms with Crippen molar-refractivity contribution < 1.29 is 27.1 Å². The molecule has 5 nitrogen and oxygen atoms in total. The predicted octanol–water partition coefficient (Wildman–Crippen LogP) is 2.43. The van der Waals surface area contributed by atoms with Crippen molar-refractivity contribution in [2.45, 2.75) is 45.7 Å². The van der Waals surface area contributed by atoms with E-state index >= 15 is 0 Å². The predicted molar refractivity (Wildman–Crippen MR) is 76.6 cm³/mol. The van der Waals surface area contributed by atoms with E-state index < -0.39 is 31.5 Å². The number of rotatable bonds is 7. The lowest BCUT2D eigenvalue weighted by Gasteiger charge is -2.18. The van der Waals surface area contributed by atoms with E-state index in [0.29, 0.717) is 23.9 Å². The van der Waals surface area contributed by atoms with E-state index in [1.54, 1.807) is 6.20 Å². The van der Waals surface area contributed by atoms with E-state index in [1.165, 1.54) is 4.90 Å². The van der Waals surface area contributed by atoms with Gasteiger partial charge in [0.1, 0.15) is 19.0 Å². The van der Waals surface area contributed by atoms with Crippen LogP contribution in [0.4, 0.5) is 17.6 Å². The summed E-state index contributed by atoms with van der Waals surface area (Å²) < 4.78 is 53.9. The summed E-state index contributed by atoms with van der Waals surface area (Å²) >= 11 is 0. The highest BCUT2D eigenvalue weighted by atomic mass is 19.3. The van der Waals surface area contributed by atoms with Crippen LogP contribution in [-0.4, -0.2) is 46.3 Å². The smallest absolute Gasteiger partial charge is 0.330 e. The van der Waals surface area contributed by atoms with Crippen molar-refractivity contribution in [2.75, 3.05) is 13.2 Å². The number of carbonyl (C=O) groups is 1. The Morgan fingerprint density at radius 2 is 2.08 bits per heavy atom. The molecule has 24 heavy (non-hydrogen) atoms. The molecule has 0 saturated carbocycles. The monoisotopic (exact) mass is 349 g/mol. The fourth-order valence-corrected chi connectivity index (χ4v) is 2.26. The average molecular weight is 349 g/mol. The van der Waals surface area contributed by atoms with Crippen molar-refractivity contribution in [1.29, 1.82) is 0 Å². The van der Waals surface area contributed by atoms with Gasteiger partial charge in [0.15, 0.2) is 0 Å². The van der Waals surface area contributed by atoms with Crippen molar-refractivity contribution >= 4 is 5.91 Å². The molecule has 9 heteroatoms. The third-order valence-electron chi connectivity index (χ3n) is 3.49. The van der Waals surface area contributed by atoms with Crippen LogP contribution in [0.1, 0.15) is 30.9 Å². The Morgan fingerprint density at radius 3 is 2.71 bits per heavy atom. The maximum atomic E-state index is 12.7. The number of halogens is 4. The first-order valence-electron chi connectivity index (χ1n) is 7.54. The third kappa shape index (κ3) is 4.62. The first-order chi connectivity index (χ1) is 11.2. The average Bonchev–Trinajstić information content (AvgIpc) is 2.89. The van der Waals surface area contributed by atoms with Gasteiger partial charge in [-0.05, 0) is 5.92 Å². The van der Waals surface area contributed by atoms with Gasteiger partial charge in [-0.2, -0.15) is 8.78 Å². The fraction of sp³-hybridized carbons (Fsp3) is 0.667. The molecule has 0 aromatic carbocycles. The maximum Gasteiger partial charge on any atom is 0.330 e. The van der Waals surface area contributed by atoms with Crippen LogP contribution >= 0.6 is 0 Å². The number of nitrogens with zero attached hydrogens (tertiary/aromatic N) is 3. The molecular formula is C15H19F4N3O2. The molecule has 0 fully saturated rings. The van der Waals surface area contributed by atoms with E-state index in [0.717, 1.165) is 5.56 Å².